The van der Waals surface area contributed by atoms with E-state index in [1.807, 2.05) is 6.07 Å². The van der Waals surface area contributed by atoms with E-state index in [1.165, 1.54) is 12.3 Å². The number of hydrogen-bond acceptors (Lipinski definition) is 7. The maximum atomic E-state index is 15.5. The van der Waals surface area contributed by atoms with Crippen molar-refractivity contribution < 1.29 is 17.9 Å². The Labute approximate surface area is 232 Å². The van der Waals surface area contributed by atoms with E-state index in [4.69, 9.17) is 16.3 Å². The van der Waals surface area contributed by atoms with Crippen LogP contribution in [0, 0.1) is 5.82 Å². The van der Waals surface area contributed by atoms with Gasteiger partial charge in [0.1, 0.15) is 0 Å². The van der Waals surface area contributed by atoms with E-state index >= 15 is 4.39 Å². The van der Waals surface area contributed by atoms with E-state index in [-0.39, 0.29) is 28.3 Å². The number of nitrogens with one attached hydrogen (secondary N) is 3. The number of hydrogen-bond donors (Lipinski definition) is 4. The molecular formula is C27H26ClFN6O3S. The minimum atomic E-state index is -2.37. The molecular weight excluding hydrogens is 543 g/mol. The Morgan fingerprint density at radius 1 is 1.10 bits per heavy atom. The van der Waals surface area contributed by atoms with Crippen LogP contribution < -0.4 is 20.1 Å². The molecule has 1 saturated heterocycles. The van der Waals surface area contributed by atoms with Gasteiger partial charge in [0.2, 0.25) is 23.1 Å². The normalized spacial score (nSPS) is 16.8. The van der Waals surface area contributed by atoms with Gasteiger partial charge in [-0.15, -0.1) is 0 Å². The van der Waals surface area contributed by atoms with Crippen molar-refractivity contribution >= 4 is 28.8 Å². The lowest BCUT2D eigenvalue weighted by Crippen LogP contribution is -2.38. The van der Waals surface area contributed by atoms with Gasteiger partial charge in [-0.2, -0.15) is 0 Å². The molecule has 0 saturated carbocycles. The van der Waals surface area contributed by atoms with Crippen LogP contribution in [0.15, 0.2) is 73.1 Å². The molecule has 5 rings (SSSR count). The van der Waals surface area contributed by atoms with Gasteiger partial charge in [-0.1, -0.05) is 48.0 Å². The smallest absolute Gasteiger partial charge is 0.232 e. The minimum Gasteiger partial charge on any atom is -0.435 e. The number of rotatable bonds is 9. The van der Waals surface area contributed by atoms with Crippen molar-refractivity contribution in [2.24, 2.45) is 0 Å². The van der Waals surface area contributed by atoms with E-state index in [0.717, 1.165) is 25.9 Å². The molecule has 0 bridgehead atoms. The highest BCUT2D eigenvalue weighted by atomic mass is 35.5. The zero-order valence-electron chi connectivity index (χ0n) is 20.7. The molecule has 0 amide bonds. The Morgan fingerprint density at radius 2 is 1.95 bits per heavy atom. The molecule has 202 valence electrons. The predicted octanol–water partition coefficient (Wildman–Crippen LogP) is 5.10. The summed E-state index contributed by atoms with van der Waals surface area (Å²) in [6, 6.07) is 16.4. The van der Waals surface area contributed by atoms with Crippen LogP contribution in [-0.4, -0.2) is 42.8 Å². The molecule has 3 atom stereocenters. The molecule has 3 heterocycles. The molecule has 0 spiro atoms. The van der Waals surface area contributed by atoms with Gasteiger partial charge >= 0.3 is 0 Å². The number of halogens is 2. The van der Waals surface area contributed by atoms with Crippen molar-refractivity contribution in [3.05, 3.63) is 95.0 Å². The lowest BCUT2D eigenvalue weighted by Gasteiger charge is -2.23. The zero-order valence-corrected chi connectivity index (χ0v) is 22.3. The van der Waals surface area contributed by atoms with Crippen molar-refractivity contribution in [1.82, 2.24) is 25.0 Å². The molecule has 0 radical (unpaired) electrons. The van der Waals surface area contributed by atoms with Gasteiger partial charge in [-0.25, -0.2) is 28.3 Å². The summed E-state index contributed by atoms with van der Waals surface area (Å²) < 4.78 is 45.0. The molecule has 1 aliphatic rings. The van der Waals surface area contributed by atoms with Gasteiger partial charge in [0.15, 0.2) is 11.6 Å². The summed E-state index contributed by atoms with van der Waals surface area (Å²) in [5.41, 5.74) is 2.02. The van der Waals surface area contributed by atoms with Crippen LogP contribution in [0.4, 0.5) is 10.3 Å². The Balaban J connectivity index is 1.42. The highest BCUT2D eigenvalue weighted by Crippen LogP contribution is 2.38. The average molecular weight is 569 g/mol. The third kappa shape index (κ3) is 6.57. The second-order valence-electron chi connectivity index (χ2n) is 8.90. The standard InChI is InChI=1S/C27H26ClFN6O3S/c28-23-20(25(35-39(36)37)17-6-2-1-3-7-17)10-11-22(24(23)29)38-26-19(9-5-14-31-26)21-12-15-32-27(34-21)33-18-8-4-13-30-16-18/h1-3,5-7,9-12,14-15,18,25,30,35H,4,8,13,16H2,(H,36,37)(H,32,33,34)/t18-,25-/m0/s1. The molecule has 4 N–H and O–H groups in total. The SMILES string of the molecule is O=S(O)N[C@@H](c1ccccc1)c1ccc(Oc2ncccc2-c2ccnc(N[C@H]3CCCNC3)n2)c(F)c1Cl. The third-order valence-electron chi connectivity index (χ3n) is 6.28. The van der Waals surface area contributed by atoms with Gasteiger partial charge in [0.25, 0.3) is 0 Å². The van der Waals surface area contributed by atoms with Crippen LogP contribution >= 0.6 is 11.6 Å². The third-order valence-corrected chi connectivity index (χ3v) is 7.10. The lowest BCUT2D eigenvalue weighted by molar-refractivity contribution is 0.428. The molecule has 39 heavy (non-hydrogen) atoms. The number of nitrogens with zero attached hydrogens (tertiary/aromatic N) is 3. The first-order chi connectivity index (χ1) is 19.0. The molecule has 1 unspecified atom stereocenters. The fraction of sp³-hybridized carbons (Fsp3) is 0.222. The predicted molar refractivity (Wildman–Crippen MR) is 148 cm³/mol. The fourth-order valence-corrected chi connectivity index (χ4v) is 5.14. The Hall–Kier alpha value is -3.48. The number of piperidine rings is 1. The summed E-state index contributed by atoms with van der Waals surface area (Å²) in [5.74, 6) is -0.359. The van der Waals surface area contributed by atoms with E-state index in [2.05, 4.69) is 30.3 Å². The minimum absolute atomic E-state index is 0.137. The summed E-state index contributed by atoms with van der Waals surface area (Å²) in [5, 5.41) is 6.46. The monoisotopic (exact) mass is 568 g/mol. The molecule has 9 nitrogen and oxygen atoms in total. The maximum Gasteiger partial charge on any atom is 0.232 e. The first-order valence-corrected chi connectivity index (χ1v) is 13.8. The second kappa shape index (κ2) is 12.6. The largest absolute Gasteiger partial charge is 0.435 e. The number of benzene rings is 2. The molecule has 1 aliphatic heterocycles. The van der Waals surface area contributed by atoms with Crippen LogP contribution in [0.5, 0.6) is 11.6 Å². The van der Waals surface area contributed by atoms with E-state index < -0.39 is 23.1 Å². The summed E-state index contributed by atoms with van der Waals surface area (Å²) in [6.07, 6.45) is 5.27. The summed E-state index contributed by atoms with van der Waals surface area (Å²) in [7, 11) is 0. The lowest BCUT2D eigenvalue weighted by atomic mass is 9.99. The quantitative estimate of drug-likeness (QED) is 0.206. The number of anilines is 1. The second-order valence-corrected chi connectivity index (χ2v) is 10.0. The molecule has 1 fully saturated rings. The van der Waals surface area contributed by atoms with Gasteiger partial charge in [-0.05, 0) is 54.8 Å². The summed E-state index contributed by atoms with van der Waals surface area (Å²) >= 11 is 4.06. The first-order valence-electron chi connectivity index (χ1n) is 12.3. The fourth-order valence-electron chi connectivity index (χ4n) is 4.41. The summed E-state index contributed by atoms with van der Waals surface area (Å²) in [4.78, 5) is 13.3. The van der Waals surface area contributed by atoms with Crippen molar-refractivity contribution in [2.75, 3.05) is 18.4 Å². The van der Waals surface area contributed by atoms with Gasteiger partial charge in [-0.3, -0.25) is 4.55 Å². The van der Waals surface area contributed by atoms with E-state index in [9.17, 15) is 8.76 Å². The van der Waals surface area contributed by atoms with Gasteiger partial charge in [0.05, 0.1) is 22.3 Å². The van der Waals surface area contributed by atoms with Crippen LogP contribution in [0.25, 0.3) is 11.3 Å². The van der Waals surface area contributed by atoms with Crippen molar-refractivity contribution in [1.29, 1.82) is 0 Å². The number of pyridine rings is 1. The van der Waals surface area contributed by atoms with Crippen LogP contribution in [0.1, 0.15) is 30.0 Å². The van der Waals surface area contributed by atoms with Crippen molar-refractivity contribution in [3.63, 3.8) is 0 Å². The van der Waals surface area contributed by atoms with E-state index in [0.29, 0.717) is 22.8 Å². The molecule has 0 aliphatic carbocycles. The first kappa shape index (κ1) is 27.1. The van der Waals surface area contributed by atoms with Crippen LogP contribution in [0.3, 0.4) is 0 Å². The Kier molecular flexibility index (Phi) is 8.74. The van der Waals surface area contributed by atoms with Crippen molar-refractivity contribution in [3.8, 4) is 22.9 Å². The number of ether oxygens (including phenoxy) is 1. The Morgan fingerprint density at radius 3 is 2.72 bits per heavy atom. The highest BCUT2D eigenvalue weighted by molar-refractivity contribution is 7.77. The topological polar surface area (TPSA) is 121 Å². The van der Waals surface area contributed by atoms with Crippen LogP contribution in [-0.2, 0) is 11.3 Å². The summed E-state index contributed by atoms with van der Waals surface area (Å²) in [6.45, 7) is 1.83. The maximum absolute atomic E-state index is 15.5. The van der Waals surface area contributed by atoms with Crippen LogP contribution in [0.2, 0.25) is 5.02 Å². The average Bonchev–Trinajstić information content (AvgIpc) is 2.96. The molecule has 2 aromatic heterocycles. The molecule has 4 aromatic rings. The highest BCUT2D eigenvalue weighted by Gasteiger charge is 2.24. The zero-order chi connectivity index (χ0) is 27.2. The van der Waals surface area contributed by atoms with Gasteiger partial charge in [0, 0.05) is 25.0 Å². The van der Waals surface area contributed by atoms with Gasteiger partial charge < -0.3 is 15.4 Å². The number of aromatic nitrogens is 3. The molecule has 12 heteroatoms. The van der Waals surface area contributed by atoms with E-state index in [1.54, 1.807) is 54.7 Å². The van der Waals surface area contributed by atoms with Crippen molar-refractivity contribution in [2.45, 2.75) is 24.9 Å². The Bertz CT molecular complexity index is 1460. The molecule has 2 aromatic carbocycles.